The van der Waals surface area contributed by atoms with Gasteiger partial charge in [-0.2, -0.15) is 5.10 Å². The maximum atomic E-state index is 13.6. The number of carbonyl (C=O) groups excluding carboxylic acids is 2. The molecule has 0 aliphatic rings. The van der Waals surface area contributed by atoms with Gasteiger partial charge in [-0.05, 0) is 39.7 Å². The first-order valence-corrected chi connectivity index (χ1v) is 9.88. The van der Waals surface area contributed by atoms with Crippen LogP contribution in [0.1, 0.15) is 22.3 Å². The molecule has 0 aromatic heterocycles. The van der Waals surface area contributed by atoms with Gasteiger partial charge in [0.05, 0.1) is 11.8 Å². The van der Waals surface area contributed by atoms with Gasteiger partial charge in [0.1, 0.15) is 5.82 Å². The van der Waals surface area contributed by atoms with Gasteiger partial charge in [-0.25, -0.2) is 9.82 Å². The van der Waals surface area contributed by atoms with Crippen molar-refractivity contribution in [1.29, 1.82) is 0 Å². The van der Waals surface area contributed by atoms with E-state index in [2.05, 4.69) is 21.9 Å². The molecule has 154 valence electrons. The molecule has 2 amide bonds. The van der Waals surface area contributed by atoms with Gasteiger partial charge < -0.3 is 5.32 Å². The van der Waals surface area contributed by atoms with Crippen molar-refractivity contribution >= 4 is 39.6 Å². The second-order valence-corrected chi connectivity index (χ2v) is 7.01. The second-order valence-electron chi connectivity index (χ2n) is 7.01. The van der Waals surface area contributed by atoms with Gasteiger partial charge in [0, 0.05) is 18.5 Å². The number of fused-ring (bicyclic) bond motifs is 2. The quantitative estimate of drug-likeness (QED) is 0.279. The van der Waals surface area contributed by atoms with E-state index in [-0.39, 0.29) is 24.4 Å². The smallest absolute Gasteiger partial charge is 0.254 e. The Balaban J connectivity index is 1.40. The summed E-state index contributed by atoms with van der Waals surface area (Å²) in [5.74, 6) is -1.51. The Morgan fingerprint density at radius 2 is 1.48 bits per heavy atom. The molecule has 4 rings (SSSR count). The molecule has 4 aromatic rings. The van der Waals surface area contributed by atoms with E-state index in [1.807, 2.05) is 48.5 Å². The fourth-order valence-electron chi connectivity index (χ4n) is 3.44. The number of hydrogen-bond donors (Lipinski definition) is 2. The third kappa shape index (κ3) is 4.59. The molecule has 4 aromatic carbocycles. The van der Waals surface area contributed by atoms with E-state index in [0.717, 1.165) is 27.1 Å². The SMILES string of the molecule is O=C(CCNC(=O)c1ccccc1F)NN=Cc1c2ccccc2cc2ccccc12. The molecule has 6 heteroatoms. The van der Waals surface area contributed by atoms with E-state index in [0.29, 0.717) is 0 Å². The summed E-state index contributed by atoms with van der Waals surface area (Å²) in [7, 11) is 0. The molecule has 0 spiro atoms. The van der Waals surface area contributed by atoms with Crippen LogP contribution < -0.4 is 10.7 Å². The molecule has 2 N–H and O–H groups in total. The lowest BCUT2D eigenvalue weighted by molar-refractivity contribution is -0.120. The third-order valence-corrected chi connectivity index (χ3v) is 4.95. The summed E-state index contributed by atoms with van der Waals surface area (Å²) in [5.41, 5.74) is 3.36. The number of hydrogen-bond acceptors (Lipinski definition) is 3. The van der Waals surface area contributed by atoms with Crippen LogP contribution >= 0.6 is 0 Å². The highest BCUT2D eigenvalue weighted by Gasteiger charge is 2.11. The number of carbonyl (C=O) groups is 2. The summed E-state index contributed by atoms with van der Waals surface area (Å²) >= 11 is 0. The fraction of sp³-hybridized carbons (Fsp3) is 0.0800. The van der Waals surface area contributed by atoms with Crippen LogP contribution in [0.4, 0.5) is 4.39 Å². The topological polar surface area (TPSA) is 70.6 Å². The maximum Gasteiger partial charge on any atom is 0.254 e. The molecule has 0 aliphatic carbocycles. The van der Waals surface area contributed by atoms with E-state index in [4.69, 9.17) is 0 Å². The Kier molecular flexibility index (Phi) is 5.98. The minimum absolute atomic E-state index is 0.0216. The molecule has 31 heavy (non-hydrogen) atoms. The lowest BCUT2D eigenvalue weighted by Gasteiger charge is -2.08. The molecule has 0 saturated carbocycles. The first-order chi connectivity index (χ1) is 15.1. The molecule has 0 bridgehead atoms. The minimum atomic E-state index is -0.601. The van der Waals surface area contributed by atoms with Crippen LogP contribution in [0.3, 0.4) is 0 Å². The zero-order valence-electron chi connectivity index (χ0n) is 16.6. The highest BCUT2D eigenvalue weighted by atomic mass is 19.1. The maximum absolute atomic E-state index is 13.6. The molecular formula is C25H20FN3O2. The van der Waals surface area contributed by atoms with Gasteiger partial charge in [0.25, 0.3) is 5.91 Å². The molecule has 0 unspecified atom stereocenters. The summed E-state index contributed by atoms with van der Waals surface area (Å²) in [5, 5.41) is 10.9. The van der Waals surface area contributed by atoms with E-state index in [1.165, 1.54) is 18.2 Å². The van der Waals surface area contributed by atoms with Crippen molar-refractivity contribution in [2.75, 3.05) is 6.54 Å². The Hall–Kier alpha value is -4.06. The Bertz CT molecular complexity index is 1250. The van der Waals surface area contributed by atoms with E-state index >= 15 is 0 Å². The number of nitrogens with zero attached hydrogens (tertiary/aromatic N) is 1. The van der Waals surface area contributed by atoms with Gasteiger partial charge in [-0.15, -0.1) is 0 Å². The fourth-order valence-corrected chi connectivity index (χ4v) is 3.44. The van der Waals surface area contributed by atoms with Crippen molar-refractivity contribution in [2.24, 2.45) is 5.10 Å². The molecule has 0 aliphatic heterocycles. The van der Waals surface area contributed by atoms with Crippen LogP contribution in [0, 0.1) is 5.82 Å². The third-order valence-electron chi connectivity index (χ3n) is 4.95. The second kappa shape index (κ2) is 9.17. The summed E-state index contributed by atoms with van der Waals surface area (Å²) in [6, 6.07) is 23.8. The van der Waals surface area contributed by atoms with Crippen molar-refractivity contribution in [2.45, 2.75) is 6.42 Å². The summed E-state index contributed by atoms with van der Waals surface area (Å²) in [6.07, 6.45) is 1.66. The molecule has 0 heterocycles. The predicted octanol–water partition coefficient (Wildman–Crippen LogP) is 4.40. The average Bonchev–Trinajstić information content (AvgIpc) is 2.79. The van der Waals surface area contributed by atoms with Crippen LogP contribution in [-0.4, -0.2) is 24.6 Å². The zero-order chi connectivity index (χ0) is 21.6. The summed E-state index contributed by atoms with van der Waals surface area (Å²) < 4.78 is 13.6. The largest absolute Gasteiger partial charge is 0.351 e. The first-order valence-electron chi connectivity index (χ1n) is 9.88. The van der Waals surface area contributed by atoms with Gasteiger partial charge in [-0.1, -0.05) is 60.7 Å². The van der Waals surface area contributed by atoms with Crippen LogP contribution in [-0.2, 0) is 4.79 Å². The van der Waals surface area contributed by atoms with Crippen molar-refractivity contribution in [3.05, 3.63) is 95.8 Å². The highest BCUT2D eigenvalue weighted by molar-refractivity contribution is 6.13. The highest BCUT2D eigenvalue weighted by Crippen LogP contribution is 2.27. The van der Waals surface area contributed by atoms with Gasteiger partial charge in [-0.3, -0.25) is 9.59 Å². The van der Waals surface area contributed by atoms with Crippen molar-refractivity contribution < 1.29 is 14.0 Å². The van der Waals surface area contributed by atoms with Gasteiger partial charge >= 0.3 is 0 Å². The molecule has 0 atom stereocenters. The lowest BCUT2D eigenvalue weighted by Crippen LogP contribution is -2.29. The van der Waals surface area contributed by atoms with E-state index < -0.39 is 11.7 Å². The number of amides is 2. The minimum Gasteiger partial charge on any atom is -0.351 e. The normalized spacial score (nSPS) is 11.1. The zero-order valence-corrected chi connectivity index (χ0v) is 16.6. The Morgan fingerprint density at radius 3 is 2.16 bits per heavy atom. The summed E-state index contributed by atoms with van der Waals surface area (Å²) in [6.45, 7) is 0.0751. The van der Waals surface area contributed by atoms with E-state index in [1.54, 1.807) is 12.3 Å². The van der Waals surface area contributed by atoms with Crippen LogP contribution in [0.2, 0.25) is 0 Å². The molecule has 0 fully saturated rings. The molecular weight excluding hydrogens is 393 g/mol. The monoisotopic (exact) mass is 413 g/mol. The van der Waals surface area contributed by atoms with Crippen LogP contribution in [0.5, 0.6) is 0 Å². The molecule has 5 nitrogen and oxygen atoms in total. The van der Waals surface area contributed by atoms with Crippen molar-refractivity contribution in [1.82, 2.24) is 10.7 Å². The molecule has 0 saturated heterocycles. The first kappa shape index (κ1) is 20.2. The van der Waals surface area contributed by atoms with Gasteiger partial charge in [0.15, 0.2) is 0 Å². The Labute approximate surface area is 178 Å². The number of rotatable bonds is 6. The number of hydrazone groups is 1. The standard InChI is InChI=1S/C25H20FN3O2/c26-23-12-6-5-11-21(23)25(31)27-14-13-24(30)29-28-16-22-19-9-3-1-7-17(19)15-18-8-2-4-10-20(18)22/h1-12,15-16H,13-14H2,(H,27,31)(H,29,30). The number of halogens is 1. The average molecular weight is 413 g/mol. The predicted molar refractivity (Wildman–Crippen MR) is 121 cm³/mol. The number of benzene rings is 4. The lowest BCUT2D eigenvalue weighted by atomic mass is 9.97. The van der Waals surface area contributed by atoms with Crippen LogP contribution in [0.25, 0.3) is 21.5 Å². The van der Waals surface area contributed by atoms with Crippen molar-refractivity contribution in [3.8, 4) is 0 Å². The number of nitrogens with one attached hydrogen (secondary N) is 2. The summed E-state index contributed by atoms with van der Waals surface area (Å²) in [4.78, 5) is 24.1. The van der Waals surface area contributed by atoms with Crippen LogP contribution in [0.15, 0.2) is 84.0 Å². The van der Waals surface area contributed by atoms with E-state index in [9.17, 15) is 14.0 Å². The molecule has 0 radical (unpaired) electrons. The van der Waals surface area contributed by atoms with Crippen molar-refractivity contribution in [3.63, 3.8) is 0 Å². The Morgan fingerprint density at radius 1 is 0.871 bits per heavy atom. The van der Waals surface area contributed by atoms with Gasteiger partial charge in [0.2, 0.25) is 5.91 Å².